The van der Waals surface area contributed by atoms with Gasteiger partial charge in [0.25, 0.3) is 0 Å². The largest absolute Gasteiger partial charge is 0.497 e. The third-order valence-corrected chi connectivity index (χ3v) is 5.64. The van der Waals surface area contributed by atoms with Gasteiger partial charge in [-0.25, -0.2) is 13.2 Å². The summed E-state index contributed by atoms with van der Waals surface area (Å²) in [7, 11) is 1.48. The Bertz CT molecular complexity index is 1290. The molecule has 0 aliphatic rings. The first-order chi connectivity index (χ1) is 16.0. The van der Waals surface area contributed by atoms with Gasteiger partial charge in [-0.05, 0) is 40.8 Å². The Labute approximate surface area is 191 Å². The standard InChI is InChI=1S/C29H23F3O/c1-3-19-4-9-21(10-5-19)25-16-17-26(29(32)28(25)31)22-11-6-20(7-12-22)8-13-23-14-15-24(33-2)18-27(23)30/h4-18H,3H2,1-2H3/b13-8+. The molecular weight excluding hydrogens is 421 g/mol. The summed E-state index contributed by atoms with van der Waals surface area (Å²) in [6, 6.07) is 22.3. The summed E-state index contributed by atoms with van der Waals surface area (Å²) in [5.41, 5.74) is 4.00. The zero-order valence-electron chi connectivity index (χ0n) is 18.4. The molecule has 0 aliphatic heterocycles. The van der Waals surface area contributed by atoms with Crippen LogP contribution in [-0.4, -0.2) is 7.11 Å². The van der Waals surface area contributed by atoms with Crippen LogP contribution in [0, 0.1) is 17.5 Å². The van der Waals surface area contributed by atoms with Gasteiger partial charge in [-0.1, -0.05) is 79.7 Å². The van der Waals surface area contributed by atoms with Crippen molar-refractivity contribution in [2.75, 3.05) is 7.11 Å². The van der Waals surface area contributed by atoms with E-state index in [1.165, 1.54) is 13.2 Å². The smallest absolute Gasteiger partial charge is 0.167 e. The molecule has 0 saturated heterocycles. The van der Waals surface area contributed by atoms with Crippen LogP contribution in [0.2, 0.25) is 0 Å². The van der Waals surface area contributed by atoms with Crippen molar-refractivity contribution in [3.8, 4) is 28.0 Å². The molecule has 0 spiro atoms. The van der Waals surface area contributed by atoms with Crippen LogP contribution >= 0.6 is 0 Å². The molecule has 1 nitrogen and oxygen atoms in total. The maximum Gasteiger partial charge on any atom is 0.167 e. The van der Waals surface area contributed by atoms with Gasteiger partial charge in [-0.3, -0.25) is 0 Å². The highest BCUT2D eigenvalue weighted by Gasteiger charge is 2.16. The molecule has 0 amide bonds. The van der Waals surface area contributed by atoms with E-state index in [4.69, 9.17) is 4.74 Å². The Kier molecular flexibility index (Phi) is 6.64. The van der Waals surface area contributed by atoms with Crippen LogP contribution in [-0.2, 0) is 6.42 Å². The molecule has 0 heterocycles. The van der Waals surface area contributed by atoms with E-state index in [1.54, 1.807) is 60.7 Å². The van der Waals surface area contributed by atoms with E-state index >= 15 is 0 Å². The van der Waals surface area contributed by atoms with Crippen LogP contribution in [0.1, 0.15) is 23.6 Å². The molecule has 0 N–H and O–H groups in total. The Morgan fingerprint density at radius 2 is 1.27 bits per heavy atom. The molecule has 0 aromatic heterocycles. The first kappa shape index (κ1) is 22.4. The fourth-order valence-corrected chi connectivity index (χ4v) is 3.65. The van der Waals surface area contributed by atoms with Crippen molar-refractivity contribution < 1.29 is 17.9 Å². The van der Waals surface area contributed by atoms with Crippen LogP contribution in [0.25, 0.3) is 34.4 Å². The van der Waals surface area contributed by atoms with Crippen molar-refractivity contribution >= 4 is 12.2 Å². The quantitative estimate of drug-likeness (QED) is 0.273. The summed E-state index contributed by atoms with van der Waals surface area (Å²) in [6.07, 6.45) is 4.30. The third kappa shape index (κ3) is 4.85. The minimum atomic E-state index is -0.879. The number of hydrogen-bond donors (Lipinski definition) is 0. The van der Waals surface area contributed by atoms with Gasteiger partial charge in [0.1, 0.15) is 11.6 Å². The van der Waals surface area contributed by atoms with Crippen molar-refractivity contribution in [2.24, 2.45) is 0 Å². The normalized spacial score (nSPS) is 11.2. The number of hydrogen-bond acceptors (Lipinski definition) is 1. The molecule has 0 bridgehead atoms. The Balaban J connectivity index is 1.56. The summed E-state index contributed by atoms with van der Waals surface area (Å²) in [5, 5.41) is 0. The van der Waals surface area contributed by atoms with Crippen LogP contribution in [0.5, 0.6) is 5.75 Å². The van der Waals surface area contributed by atoms with Crippen LogP contribution in [0.3, 0.4) is 0 Å². The maximum atomic E-state index is 14.9. The molecule has 0 saturated carbocycles. The summed E-state index contributed by atoms with van der Waals surface area (Å²) in [4.78, 5) is 0. The molecule has 166 valence electrons. The van der Waals surface area contributed by atoms with Gasteiger partial charge < -0.3 is 4.74 Å². The van der Waals surface area contributed by atoms with Crippen molar-refractivity contribution in [3.63, 3.8) is 0 Å². The average molecular weight is 444 g/mol. The van der Waals surface area contributed by atoms with Crippen molar-refractivity contribution in [3.05, 3.63) is 113 Å². The molecule has 33 heavy (non-hydrogen) atoms. The zero-order valence-corrected chi connectivity index (χ0v) is 18.4. The predicted octanol–water partition coefficient (Wildman–Crippen LogP) is 8.18. The molecule has 0 radical (unpaired) electrons. The highest BCUT2D eigenvalue weighted by molar-refractivity contribution is 5.75. The molecule has 4 aromatic carbocycles. The van der Waals surface area contributed by atoms with Crippen molar-refractivity contribution in [2.45, 2.75) is 13.3 Å². The zero-order chi connectivity index (χ0) is 23.4. The minimum Gasteiger partial charge on any atom is -0.497 e. The molecule has 0 fully saturated rings. The van der Waals surface area contributed by atoms with Gasteiger partial charge >= 0.3 is 0 Å². The number of methoxy groups -OCH3 is 1. The number of halogens is 3. The first-order valence-electron chi connectivity index (χ1n) is 10.7. The molecular formula is C29H23F3O. The third-order valence-electron chi connectivity index (χ3n) is 5.64. The Morgan fingerprint density at radius 3 is 1.79 bits per heavy atom. The van der Waals surface area contributed by atoms with Gasteiger partial charge in [0.15, 0.2) is 11.6 Å². The van der Waals surface area contributed by atoms with Crippen LogP contribution in [0.4, 0.5) is 13.2 Å². The van der Waals surface area contributed by atoms with Gasteiger partial charge in [0, 0.05) is 22.8 Å². The fraction of sp³-hybridized carbons (Fsp3) is 0.103. The van der Waals surface area contributed by atoms with E-state index in [-0.39, 0.29) is 16.9 Å². The molecule has 4 heteroatoms. The topological polar surface area (TPSA) is 9.23 Å². The fourth-order valence-electron chi connectivity index (χ4n) is 3.65. The second kappa shape index (κ2) is 9.78. The van der Waals surface area contributed by atoms with Crippen LogP contribution in [0.15, 0.2) is 78.9 Å². The molecule has 0 aliphatic carbocycles. The summed E-state index contributed by atoms with van der Waals surface area (Å²) >= 11 is 0. The number of aryl methyl sites for hydroxylation is 1. The summed E-state index contributed by atoms with van der Waals surface area (Å²) in [6.45, 7) is 2.04. The Morgan fingerprint density at radius 1 is 0.697 bits per heavy atom. The molecule has 0 atom stereocenters. The SMILES string of the molecule is CCc1ccc(-c2ccc(-c3ccc(/C=C/c4ccc(OC)cc4F)cc3)c(F)c2F)cc1. The highest BCUT2D eigenvalue weighted by Crippen LogP contribution is 2.32. The molecule has 0 unspecified atom stereocenters. The van der Waals surface area contributed by atoms with E-state index in [0.717, 1.165) is 17.5 Å². The number of ether oxygens (including phenoxy) is 1. The van der Waals surface area contributed by atoms with Gasteiger partial charge in [-0.2, -0.15) is 0 Å². The van der Waals surface area contributed by atoms with Gasteiger partial charge in [0.2, 0.25) is 0 Å². The number of rotatable bonds is 6. The van der Waals surface area contributed by atoms with E-state index in [0.29, 0.717) is 22.4 Å². The first-order valence-corrected chi connectivity index (χ1v) is 10.7. The highest BCUT2D eigenvalue weighted by atomic mass is 19.2. The van der Waals surface area contributed by atoms with E-state index in [1.807, 2.05) is 31.2 Å². The maximum absolute atomic E-state index is 14.9. The lowest BCUT2D eigenvalue weighted by atomic mass is 9.97. The van der Waals surface area contributed by atoms with E-state index < -0.39 is 11.6 Å². The summed E-state index contributed by atoms with van der Waals surface area (Å²) < 4.78 is 48.9. The number of benzene rings is 4. The summed E-state index contributed by atoms with van der Waals surface area (Å²) in [5.74, 6) is -1.68. The lowest BCUT2D eigenvalue weighted by Crippen LogP contribution is -1.94. The van der Waals surface area contributed by atoms with E-state index in [9.17, 15) is 13.2 Å². The lowest BCUT2D eigenvalue weighted by molar-refractivity contribution is 0.411. The lowest BCUT2D eigenvalue weighted by Gasteiger charge is -2.10. The van der Waals surface area contributed by atoms with Crippen molar-refractivity contribution in [1.29, 1.82) is 0 Å². The van der Waals surface area contributed by atoms with Crippen LogP contribution < -0.4 is 4.74 Å². The van der Waals surface area contributed by atoms with Crippen molar-refractivity contribution in [1.82, 2.24) is 0 Å². The predicted molar refractivity (Wildman–Crippen MR) is 128 cm³/mol. The second-order valence-corrected chi connectivity index (χ2v) is 7.68. The minimum absolute atomic E-state index is 0.193. The van der Waals surface area contributed by atoms with E-state index in [2.05, 4.69) is 0 Å². The molecule has 4 rings (SSSR count). The molecule has 4 aromatic rings. The van der Waals surface area contributed by atoms with Gasteiger partial charge in [-0.15, -0.1) is 0 Å². The van der Waals surface area contributed by atoms with Gasteiger partial charge in [0.05, 0.1) is 7.11 Å². The monoisotopic (exact) mass is 444 g/mol. The second-order valence-electron chi connectivity index (χ2n) is 7.68. The Hall–Kier alpha value is -3.79. The average Bonchev–Trinajstić information content (AvgIpc) is 2.85.